The molecule has 0 radical (unpaired) electrons. The van der Waals surface area contributed by atoms with Crippen molar-refractivity contribution in [3.05, 3.63) is 35.6 Å². The minimum atomic E-state index is -5.75. The van der Waals surface area contributed by atoms with E-state index in [9.17, 15) is 35.5 Å². The lowest BCUT2D eigenvalue weighted by Crippen LogP contribution is -2.43. The van der Waals surface area contributed by atoms with Crippen molar-refractivity contribution in [3.8, 4) is 0 Å². The Hall–Kier alpha value is -1.60. The summed E-state index contributed by atoms with van der Waals surface area (Å²) in [6, 6.07) is 4.21. The second-order valence-corrected chi connectivity index (χ2v) is 3.75. The van der Waals surface area contributed by atoms with Gasteiger partial charge in [0.25, 0.3) is 0 Å². The van der Waals surface area contributed by atoms with Crippen LogP contribution in [0.25, 0.3) is 0 Å². The first-order valence-electron chi connectivity index (χ1n) is 4.93. The lowest BCUT2D eigenvalue weighted by atomic mass is 9.96. The van der Waals surface area contributed by atoms with Gasteiger partial charge in [-0.1, -0.05) is 18.2 Å². The number of ketones is 1. The molecule has 0 atom stereocenters. The minimum absolute atomic E-state index is 0.508. The molecule has 1 aromatic rings. The lowest BCUT2D eigenvalue weighted by molar-refractivity contribution is -0.273. The number of carbonyl (C=O) groups is 1. The lowest BCUT2D eigenvalue weighted by Gasteiger charge is -2.21. The summed E-state index contributed by atoms with van der Waals surface area (Å²) in [5, 5.41) is 0. The molecule has 1 aromatic carbocycles. The van der Waals surface area contributed by atoms with Crippen LogP contribution in [-0.2, 0) is 11.2 Å². The van der Waals surface area contributed by atoms with Crippen LogP contribution in [0, 0.1) is 11.7 Å². The zero-order chi connectivity index (χ0) is 14.8. The molecule has 0 heterocycles. The van der Waals surface area contributed by atoms with Crippen molar-refractivity contribution >= 4 is 5.78 Å². The van der Waals surface area contributed by atoms with E-state index in [1.165, 1.54) is 12.1 Å². The molecule has 0 fully saturated rings. The molecule has 1 rings (SSSR count). The van der Waals surface area contributed by atoms with E-state index in [2.05, 4.69) is 0 Å². The number of Topliss-reactive ketones (excluding diaryl/α,β-unsaturated/α-hetero) is 1. The van der Waals surface area contributed by atoms with Crippen molar-refractivity contribution < 1.29 is 35.5 Å². The van der Waals surface area contributed by atoms with Gasteiger partial charge in [-0.15, -0.1) is 0 Å². The molecule has 0 unspecified atom stereocenters. The van der Waals surface area contributed by atoms with E-state index < -0.39 is 41.9 Å². The third-order valence-electron chi connectivity index (χ3n) is 2.30. The first-order valence-corrected chi connectivity index (χ1v) is 4.93. The van der Waals surface area contributed by atoms with Crippen LogP contribution < -0.4 is 0 Å². The molecule has 0 aromatic heterocycles. The highest BCUT2D eigenvalue weighted by Crippen LogP contribution is 2.40. The Morgan fingerprint density at radius 2 is 1.47 bits per heavy atom. The Balaban J connectivity index is 3.01. The minimum Gasteiger partial charge on any atom is -0.298 e. The number of alkyl halides is 6. The van der Waals surface area contributed by atoms with E-state index in [0.29, 0.717) is 0 Å². The van der Waals surface area contributed by atoms with Gasteiger partial charge in [0.05, 0.1) is 0 Å². The standard InChI is InChI=1S/C11H7F7O/c12-7-4-2-1-3-6(7)5-8(19)9(10(13,14)15)11(16,17)18/h1-4,9H,5H2. The van der Waals surface area contributed by atoms with Crippen molar-refractivity contribution in [2.45, 2.75) is 18.8 Å². The van der Waals surface area contributed by atoms with E-state index in [0.717, 1.165) is 12.1 Å². The van der Waals surface area contributed by atoms with Gasteiger partial charge in [-0.2, -0.15) is 26.3 Å². The summed E-state index contributed by atoms with van der Waals surface area (Å²) < 4.78 is 86.5. The average molecular weight is 288 g/mol. The molecule has 0 aliphatic carbocycles. The smallest absolute Gasteiger partial charge is 0.298 e. The van der Waals surface area contributed by atoms with Crippen LogP contribution >= 0.6 is 0 Å². The molecule has 0 spiro atoms. The van der Waals surface area contributed by atoms with Crippen molar-refractivity contribution in [2.24, 2.45) is 5.92 Å². The number of halogens is 7. The molecule has 0 N–H and O–H groups in total. The van der Waals surface area contributed by atoms with Crippen molar-refractivity contribution in [3.63, 3.8) is 0 Å². The maximum Gasteiger partial charge on any atom is 0.407 e. The Bertz CT molecular complexity index is 447. The van der Waals surface area contributed by atoms with Crippen molar-refractivity contribution in [2.75, 3.05) is 0 Å². The molecule has 0 aliphatic rings. The summed E-state index contributed by atoms with van der Waals surface area (Å²) in [5.41, 5.74) is -0.508. The second kappa shape index (κ2) is 5.18. The second-order valence-electron chi connectivity index (χ2n) is 3.75. The summed E-state index contributed by atoms with van der Waals surface area (Å²) in [7, 11) is 0. The molecule has 8 heteroatoms. The van der Waals surface area contributed by atoms with Gasteiger partial charge in [0.1, 0.15) is 5.82 Å². The van der Waals surface area contributed by atoms with E-state index in [-0.39, 0.29) is 0 Å². The number of carbonyl (C=O) groups excluding carboxylic acids is 1. The third kappa shape index (κ3) is 3.93. The van der Waals surface area contributed by atoms with Crippen LogP contribution in [0.4, 0.5) is 30.7 Å². The van der Waals surface area contributed by atoms with Crippen molar-refractivity contribution in [1.29, 1.82) is 0 Å². The zero-order valence-electron chi connectivity index (χ0n) is 9.15. The van der Waals surface area contributed by atoms with Gasteiger partial charge < -0.3 is 0 Å². The summed E-state index contributed by atoms with van der Waals surface area (Å²) in [6.45, 7) is 0. The van der Waals surface area contributed by atoms with Crippen molar-refractivity contribution in [1.82, 2.24) is 0 Å². The number of benzene rings is 1. The van der Waals surface area contributed by atoms with Gasteiger partial charge in [-0.25, -0.2) is 4.39 Å². The Labute approximate surface area is 103 Å². The quantitative estimate of drug-likeness (QED) is 0.775. The highest BCUT2D eigenvalue weighted by Gasteiger charge is 2.60. The normalized spacial score (nSPS) is 12.8. The largest absolute Gasteiger partial charge is 0.407 e. The first kappa shape index (κ1) is 15.5. The highest BCUT2D eigenvalue weighted by molar-refractivity contribution is 5.84. The fourth-order valence-electron chi connectivity index (χ4n) is 1.48. The van der Waals surface area contributed by atoms with E-state index in [1.54, 1.807) is 0 Å². The number of hydrogen-bond donors (Lipinski definition) is 0. The van der Waals surface area contributed by atoms with Gasteiger partial charge in [-0.05, 0) is 11.6 Å². The summed E-state index contributed by atoms with van der Waals surface area (Å²) in [5.74, 6) is -7.26. The molecule has 0 saturated carbocycles. The van der Waals surface area contributed by atoms with Gasteiger partial charge in [0, 0.05) is 6.42 Å². The number of hydrogen-bond acceptors (Lipinski definition) is 1. The topological polar surface area (TPSA) is 17.1 Å². The van der Waals surface area contributed by atoms with Gasteiger partial charge in [0.2, 0.25) is 5.92 Å². The van der Waals surface area contributed by atoms with Crippen LogP contribution in [0.2, 0.25) is 0 Å². The maximum absolute atomic E-state index is 13.1. The van der Waals surface area contributed by atoms with E-state index in [1.807, 2.05) is 0 Å². The average Bonchev–Trinajstić information content (AvgIpc) is 2.16. The zero-order valence-corrected chi connectivity index (χ0v) is 9.15. The molecule has 0 saturated heterocycles. The predicted molar refractivity (Wildman–Crippen MR) is 50.7 cm³/mol. The Kier molecular flexibility index (Phi) is 4.21. The summed E-state index contributed by atoms with van der Waals surface area (Å²) in [4.78, 5) is 11.2. The molecule has 0 amide bonds. The van der Waals surface area contributed by atoms with Crippen LogP contribution in [0.15, 0.2) is 24.3 Å². The molecular weight excluding hydrogens is 281 g/mol. The Morgan fingerprint density at radius 3 is 1.89 bits per heavy atom. The van der Waals surface area contributed by atoms with Gasteiger partial charge in [-0.3, -0.25) is 4.79 Å². The molecule has 19 heavy (non-hydrogen) atoms. The molecular formula is C11H7F7O. The number of rotatable bonds is 3. The highest BCUT2D eigenvalue weighted by atomic mass is 19.4. The first-order chi connectivity index (χ1) is 8.53. The van der Waals surface area contributed by atoms with E-state index in [4.69, 9.17) is 0 Å². The van der Waals surface area contributed by atoms with Crippen LogP contribution in [-0.4, -0.2) is 18.1 Å². The molecule has 0 aliphatic heterocycles. The summed E-state index contributed by atoms with van der Waals surface area (Å²) >= 11 is 0. The molecule has 0 bridgehead atoms. The fourth-order valence-corrected chi connectivity index (χ4v) is 1.48. The fraction of sp³-hybridized carbons (Fsp3) is 0.364. The van der Waals surface area contributed by atoms with E-state index >= 15 is 0 Å². The van der Waals surface area contributed by atoms with Crippen LogP contribution in [0.3, 0.4) is 0 Å². The van der Waals surface area contributed by atoms with Crippen LogP contribution in [0.1, 0.15) is 5.56 Å². The summed E-state index contributed by atoms with van der Waals surface area (Å²) in [6.07, 6.45) is -12.8. The monoisotopic (exact) mass is 288 g/mol. The van der Waals surface area contributed by atoms with Gasteiger partial charge >= 0.3 is 12.4 Å². The Morgan fingerprint density at radius 1 is 1.00 bits per heavy atom. The molecule has 106 valence electrons. The SMILES string of the molecule is O=C(Cc1ccccc1F)C(C(F)(F)F)C(F)(F)F. The maximum atomic E-state index is 13.1. The van der Waals surface area contributed by atoms with Crippen LogP contribution in [0.5, 0.6) is 0 Å². The molecule has 1 nitrogen and oxygen atoms in total. The predicted octanol–water partition coefficient (Wildman–Crippen LogP) is 3.68. The third-order valence-corrected chi connectivity index (χ3v) is 2.30. The van der Waals surface area contributed by atoms with Gasteiger partial charge in [0.15, 0.2) is 5.78 Å².